The smallest absolute Gasteiger partial charge is 0.221 e. The lowest BCUT2D eigenvalue weighted by atomic mass is 9.84. The lowest BCUT2D eigenvalue weighted by Crippen LogP contribution is -2.46. The fourth-order valence-electron chi connectivity index (χ4n) is 3.65. The molecule has 1 heterocycles. The Hall–Kier alpha value is -3.33. The van der Waals surface area contributed by atoms with Crippen LogP contribution in [-0.2, 0) is 14.6 Å². The molecule has 1 saturated carbocycles. The van der Waals surface area contributed by atoms with Gasteiger partial charge in [0.2, 0.25) is 5.91 Å². The first kappa shape index (κ1) is 20.0. The maximum absolute atomic E-state index is 14.8. The SMILES string of the molecule is NC(=O)C1CCC1S(=O)(=O)c1ccccc1-c1ccc(-c2cnc(N)cn2)c(F)c1. The van der Waals surface area contributed by atoms with Crippen molar-refractivity contribution in [2.45, 2.75) is 23.0 Å². The van der Waals surface area contributed by atoms with E-state index in [0.717, 1.165) is 0 Å². The molecule has 0 radical (unpaired) electrons. The Morgan fingerprint density at radius 1 is 1.03 bits per heavy atom. The summed E-state index contributed by atoms with van der Waals surface area (Å²) in [4.78, 5) is 19.6. The molecule has 154 valence electrons. The molecule has 1 aromatic heterocycles. The van der Waals surface area contributed by atoms with E-state index in [9.17, 15) is 17.6 Å². The number of nitrogens with two attached hydrogens (primary N) is 2. The second-order valence-electron chi connectivity index (χ2n) is 7.19. The molecule has 1 aliphatic carbocycles. The highest BCUT2D eigenvalue weighted by atomic mass is 32.2. The quantitative estimate of drug-likeness (QED) is 0.645. The molecule has 9 heteroatoms. The number of hydrogen-bond donors (Lipinski definition) is 2. The summed E-state index contributed by atoms with van der Waals surface area (Å²) in [5.74, 6) is -1.67. The number of hydrogen-bond acceptors (Lipinski definition) is 6. The summed E-state index contributed by atoms with van der Waals surface area (Å²) in [5.41, 5.74) is 12.2. The van der Waals surface area contributed by atoms with Crippen LogP contribution in [0.2, 0.25) is 0 Å². The van der Waals surface area contributed by atoms with Crippen LogP contribution in [0.25, 0.3) is 22.4 Å². The van der Waals surface area contributed by atoms with Crippen LogP contribution in [-0.4, -0.2) is 29.5 Å². The first-order valence-electron chi connectivity index (χ1n) is 9.29. The summed E-state index contributed by atoms with van der Waals surface area (Å²) in [6, 6.07) is 10.8. The topological polar surface area (TPSA) is 129 Å². The first-order chi connectivity index (χ1) is 14.3. The Balaban J connectivity index is 1.75. The van der Waals surface area contributed by atoms with Gasteiger partial charge >= 0.3 is 0 Å². The average Bonchev–Trinajstić information content (AvgIpc) is 2.67. The minimum Gasteiger partial charge on any atom is -0.382 e. The molecular weight excluding hydrogens is 407 g/mol. The number of sulfone groups is 1. The molecule has 2 unspecified atom stereocenters. The van der Waals surface area contributed by atoms with E-state index in [2.05, 4.69) is 9.97 Å². The van der Waals surface area contributed by atoms with E-state index >= 15 is 0 Å². The average molecular weight is 426 g/mol. The van der Waals surface area contributed by atoms with Gasteiger partial charge in [-0.2, -0.15) is 0 Å². The number of rotatable bonds is 5. The molecule has 1 amide bonds. The molecule has 0 aliphatic heterocycles. The maximum atomic E-state index is 14.8. The Morgan fingerprint density at radius 3 is 2.40 bits per heavy atom. The van der Waals surface area contributed by atoms with Crippen LogP contribution in [0.4, 0.5) is 10.2 Å². The lowest BCUT2D eigenvalue weighted by molar-refractivity contribution is -0.123. The van der Waals surface area contributed by atoms with E-state index in [-0.39, 0.29) is 16.3 Å². The van der Waals surface area contributed by atoms with E-state index in [1.54, 1.807) is 24.3 Å². The van der Waals surface area contributed by atoms with Crippen LogP contribution in [0.1, 0.15) is 12.8 Å². The molecule has 2 atom stereocenters. The van der Waals surface area contributed by atoms with Gasteiger partial charge in [-0.1, -0.05) is 24.3 Å². The van der Waals surface area contributed by atoms with Gasteiger partial charge < -0.3 is 11.5 Å². The summed E-state index contributed by atoms with van der Waals surface area (Å²) in [5, 5.41) is -0.856. The van der Waals surface area contributed by atoms with Crippen molar-refractivity contribution in [2.75, 3.05) is 5.73 Å². The second kappa shape index (κ2) is 7.49. The highest BCUT2D eigenvalue weighted by molar-refractivity contribution is 7.92. The summed E-state index contributed by atoms with van der Waals surface area (Å²) >= 11 is 0. The number of nitrogen functional groups attached to an aromatic ring is 1. The van der Waals surface area contributed by atoms with Gasteiger partial charge in [0.1, 0.15) is 11.6 Å². The zero-order valence-corrected chi connectivity index (χ0v) is 16.6. The minimum atomic E-state index is -3.81. The number of carbonyl (C=O) groups excluding carboxylic acids is 1. The minimum absolute atomic E-state index is 0.0559. The Morgan fingerprint density at radius 2 is 1.80 bits per heavy atom. The van der Waals surface area contributed by atoms with E-state index in [4.69, 9.17) is 11.5 Å². The van der Waals surface area contributed by atoms with Crippen LogP contribution in [0.5, 0.6) is 0 Å². The van der Waals surface area contributed by atoms with E-state index in [1.165, 1.54) is 30.6 Å². The van der Waals surface area contributed by atoms with Gasteiger partial charge in [0.25, 0.3) is 0 Å². The zero-order chi connectivity index (χ0) is 21.5. The van der Waals surface area contributed by atoms with Crippen molar-refractivity contribution in [1.82, 2.24) is 9.97 Å². The van der Waals surface area contributed by atoms with Crippen molar-refractivity contribution in [3.05, 3.63) is 60.7 Å². The highest BCUT2D eigenvalue weighted by Crippen LogP contribution is 2.40. The van der Waals surface area contributed by atoms with Crippen molar-refractivity contribution < 1.29 is 17.6 Å². The number of carbonyl (C=O) groups is 1. The number of nitrogens with zero attached hydrogens (tertiary/aromatic N) is 2. The molecule has 1 fully saturated rings. The molecule has 30 heavy (non-hydrogen) atoms. The fraction of sp³-hybridized carbons (Fsp3) is 0.190. The predicted molar refractivity (Wildman–Crippen MR) is 110 cm³/mol. The summed E-state index contributed by atoms with van der Waals surface area (Å²) in [7, 11) is -3.81. The number of halogens is 1. The van der Waals surface area contributed by atoms with Gasteiger partial charge in [0.15, 0.2) is 9.84 Å². The van der Waals surface area contributed by atoms with Gasteiger partial charge in [-0.15, -0.1) is 0 Å². The van der Waals surface area contributed by atoms with Gasteiger partial charge in [0.05, 0.1) is 34.2 Å². The molecule has 3 aromatic rings. The molecule has 0 bridgehead atoms. The van der Waals surface area contributed by atoms with Crippen molar-refractivity contribution in [3.63, 3.8) is 0 Å². The lowest BCUT2D eigenvalue weighted by Gasteiger charge is -2.34. The second-order valence-corrected chi connectivity index (χ2v) is 9.32. The van der Waals surface area contributed by atoms with E-state index in [1.807, 2.05) is 0 Å². The molecule has 0 saturated heterocycles. The first-order valence-corrected chi connectivity index (χ1v) is 10.8. The molecule has 7 nitrogen and oxygen atoms in total. The predicted octanol–water partition coefficient (Wildman–Crippen LogP) is 2.57. The fourth-order valence-corrected chi connectivity index (χ4v) is 5.89. The van der Waals surface area contributed by atoms with Crippen LogP contribution in [0.3, 0.4) is 0 Å². The maximum Gasteiger partial charge on any atom is 0.221 e. The third-order valence-corrected chi connectivity index (χ3v) is 7.73. The third kappa shape index (κ3) is 3.41. The van der Waals surface area contributed by atoms with Gasteiger partial charge in [0, 0.05) is 11.1 Å². The van der Waals surface area contributed by atoms with Crippen LogP contribution < -0.4 is 11.5 Å². The molecule has 4 N–H and O–H groups in total. The van der Waals surface area contributed by atoms with E-state index in [0.29, 0.717) is 29.7 Å². The summed E-state index contributed by atoms with van der Waals surface area (Å²) in [6.07, 6.45) is 3.52. The number of primary amides is 1. The Kier molecular flexibility index (Phi) is 4.98. The number of benzene rings is 2. The number of amides is 1. The number of aromatic nitrogens is 2. The number of anilines is 1. The Bertz CT molecular complexity index is 1230. The van der Waals surface area contributed by atoms with Crippen molar-refractivity contribution >= 4 is 21.6 Å². The molecule has 0 spiro atoms. The van der Waals surface area contributed by atoms with Crippen LogP contribution in [0, 0.1) is 11.7 Å². The van der Waals surface area contributed by atoms with Gasteiger partial charge in [-0.3, -0.25) is 9.78 Å². The monoisotopic (exact) mass is 426 g/mol. The normalized spacial score (nSPS) is 18.6. The van der Waals surface area contributed by atoms with Crippen LogP contribution >= 0.6 is 0 Å². The molecular formula is C21H19FN4O3S. The molecule has 2 aromatic carbocycles. The van der Waals surface area contributed by atoms with Crippen molar-refractivity contribution in [3.8, 4) is 22.4 Å². The standard InChI is InChI=1S/C21H19FN4O3S/c22-16-9-12(5-6-14(16)17-10-26-20(23)11-25-17)13-3-1-2-4-18(13)30(28,29)19-8-7-15(19)21(24)27/h1-6,9-11,15,19H,7-8H2,(H2,23,26)(H2,24,27). The van der Waals surface area contributed by atoms with Gasteiger partial charge in [-0.05, 0) is 36.6 Å². The largest absolute Gasteiger partial charge is 0.382 e. The summed E-state index contributed by atoms with van der Waals surface area (Å²) < 4.78 is 41.2. The van der Waals surface area contributed by atoms with Crippen LogP contribution in [0.15, 0.2) is 59.8 Å². The van der Waals surface area contributed by atoms with E-state index < -0.39 is 32.7 Å². The highest BCUT2D eigenvalue weighted by Gasteiger charge is 2.45. The summed E-state index contributed by atoms with van der Waals surface area (Å²) in [6.45, 7) is 0. The van der Waals surface area contributed by atoms with Gasteiger partial charge in [-0.25, -0.2) is 17.8 Å². The zero-order valence-electron chi connectivity index (χ0n) is 15.8. The molecule has 1 aliphatic rings. The third-order valence-electron chi connectivity index (χ3n) is 5.40. The molecule has 4 rings (SSSR count). The van der Waals surface area contributed by atoms with Crippen molar-refractivity contribution in [2.24, 2.45) is 11.7 Å². The van der Waals surface area contributed by atoms with Crippen molar-refractivity contribution in [1.29, 1.82) is 0 Å². The Labute approximate surface area is 172 Å².